The third-order valence-corrected chi connectivity index (χ3v) is 61.7. The molecule has 0 amide bonds. The zero-order valence-corrected chi connectivity index (χ0v) is 69.8. The number of aliphatic hydroxyl groups is 10. The SMILES string of the molecule is C.C.C.C.C.C.C.C.C.C.C=C.CC(O)[Si](C)(C)O[Si](C)(C)CCO.CC[Si](CC)(CCO)O[Si](CC)(CC)C(C)O.CC[Si](CC)(CO)O[Si](CC)(CC)CO.C[Si](C)(CO)O[Si](C)(C)CCCO.OC[Si](O[Si](CO)(c1ccccc1)c1ccccc1)(c1ccccc1)c1ccccc1. The van der Waals surface area contributed by atoms with E-state index in [-0.39, 0.29) is 137 Å². The summed E-state index contributed by atoms with van der Waals surface area (Å²) in [6.07, 6.45) is 1.14. The Kier molecular flexibility index (Phi) is 78.7. The maximum atomic E-state index is 10.9. The van der Waals surface area contributed by atoms with E-state index in [1.807, 2.05) is 154 Å². The predicted octanol–water partition coefficient (Wildman–Crippen LogP) is 16.3. The standard InChI is InChI=1S/C26H26O3Si2.C12H30O3Si2.C10H26O3Si2.2C8H22O3Si2.C2H4.10CH4/c27-21-30(23-13-5-1-6-14-23,24-15-7-2-8-16-24)29-31(22-28,25-17-9-3-10-18-25)26-19-11-4-12-20-26;1-6-16(7-2,11-10-13)15-17(8-3,9-4)12(5)14;1-5-14(6-2,9-11)13-15(7-3,8-4)10-12;1-8(10)13(4,5)11-12(2,3)7-6-9;1-12(2,7-5-6-9)11-13(3,4)8-10;1-2;;;;;;;;;;/h1-20,27-28H,21-22H2;12-14H,6-11H2,1-5H3;11-12H,5-10H2,1-4H3;8-10H,6-7H2,1-5H3;9-10H,5-8H2,1-4H3;1-2H2;10*1H4. The highest BCUT2D eigenvalue weighted by Gasteiger charge is 2.51. The Balaban J connectivity index is -0.0000000998. The van der Waals surface area contributed by atoms with E-state index in [2.05, 4.69) is 94.7 Å². The summed E-state index contributed by atoms with van der Waals surface area (Å²) in [6, 6.07) is 50.2. The van der Waals surface area contributed by atoms with E-state index >= 15 is 0 Å². The van der Waals surface area contributed by atoms with Crippen molar-refractivity contribution in [1.29, 1.82) is 0 Å². The van der Waals surface area contributed by atoms with Crippen LogP contribution in [0.1, 0.15) is 150 Å². The van der Waals surface area contributed by atoms with Gasteiger partial charge in [-0.1, -0.05) is 251 Å². The molecule has 15 nitrogen and oxygen atoms in total. The zero-order valence-electron chi connectivity index (χ0n) is 59.8. The summed E-state index contributed by atoms with van der Waals surface area (Å²) < 4.78 is 32.1. The van der Waals surface area contributed by atoms with Crippen molar-refractivity contribution in [2.45, 2.75) is 280 Å². The highest BCUT2D eigenvalue weighted by molar-refractivity contribution is 7.09. The van der Waals surface area contributed by atoms with Crippen molar-refractivity contribution in [3.8, 4) is 0 Å². The summed E-state index contributed by atoms with van der Waals surface area (Å²) in [5.41, 5.74) is -0.667. The van der Waals surface area contributed by atoms with Crippen LogP contribution >= 0.6 is 0 Å². The van der Waals surface area contributed by atoms with Gasteiger partial charge in [0.2, 0.25) is 33.3 Å². The molecule has 4 rings (SSSR count). The molecule has 0 aromatic heterocycles. The van der Waals surface area contributed by atoms with Crippen LogP contribution in [0.3, 0.4) is 0 Å². The number of rotatable bonds is 36. The maximum absolute atomic E-state index is 10.9. The lowest BCUT2D eigenvalue weighted by atomic mass is 10.4. The lowest BCUT2D eigenvalue weighted by molar-refractivity contribution is 0.235. The topological polar surface area (TPSA) is 248 Å². The summed E-state index contributed by atoms with van der Waals surface area (Å²) >= 11 is 0. The normalized spacial score (nSPS) is 12.0. The largest absolute Gasteiger partial charge is 0.454 e. The van der Waals surface area contributed by atoms with Crippen LogP contribution in [0.25, 0.3) is 0 Å². The molecular formula is C76H170O15Si10. The van der Waals surface area contributed by atoms with Gasteiger partial charge in [-0.2, -0.15) is 0 Å². The molecule has 0 bridgehead atoms. The van der Waals surface area contributed by atoms with Crippen LogP contribution in [0.15, 0.2) is 134 Å². The fourth-order valence-electron chi connectivity index (χ4n) is 10.8. The molecule has 101 heavy (non-hydrogen) atoms. The fraction of sp³-hybridized carbons (Fsp3) is 0.658. The van der Waals surface area contributed by atoms with Gasteiger partial charge in [-0.05, 0) is 160 Å². The molecule has 0 heterocycles. The highest BCUT2D eigenvalue weighted by Crippen LogP contribution is 2.32. The van der Waals surface area contributed by atoms with E-state index in [0.717, 1.165) is 93.7 Å². The molecule has 0 aliphatic heterocycles. The van der Waals surface area contributed by atoms with Crippen molar-refractivity contribution >= 4 is 104 Å². The van der Waals surface area contributed by atoms with Crippen molar-refractivity contribution in [2.24, 2.45) is 0 Å². The Labute approximate surface area is 637 Å². The van der Waals surface area contributed by atoms with Crippen molar-refractivity contribution in [2.75, 3.05) is 51.0 Å². The zero-order chi connectivity index (χ0) is 70.3. The van der Waals surface area contributed by atoms with E-state index in [0.29, 0.717) is 0 Å². The number of benzene rings is 4. The first kappa shape index (κ1) is 126. The van der Waals surface area contributed by atoms with Crippen LogP contribution in [-0.2, 0) is 20.6 Å². The molecular weight excluding hydrogens is 1430 g/mol. The summed E-state index contributed by atoms with van der Waals surface area (Å²) in [4.78, 5) is 0. The molecule has 4 aromatic rings. The van der Waals surface area contributed by atoms with Crippen LogP contribution in [0.5, 0.6) is 0 Å². The first-order valence-corrected chi connectivity index (χ1v) is 59.8. The Morgan fingerprint density at radius 1 is 0.307 bits per heavy atom. The molecule has 10 N–H and O–H groups in total. The summed E-state index contributed by atoms with van der Waals surface area (Å²) in [6.45, 7) is 43.8. The van der Waals surface area contributed by atoms with Gasteiger partial charge >= 0.3 is 0 Å². The van der Waals surface area contributed by atoms with Gasteiger partial charge in [0.15, 0.2) is 33.3 Å². The highest BCUT2D eigenvalue weighted by atomic mass is 28.4. The van der Waals surface area contributed by atoms with Gasteiger partial charge in [0.05, 0.1) is 42.6 Å². The van der Waals surface area contributed by atoms with Crippen LogP contribution in [0.4, 0.5) is 0 Å². The van der Waals surface area contributed by atoms with Crippen molar-refractivity contribution in [3.05, 3.63) is 134 Å². The second-order valence-electron chi connectivity index (χ2n) is 25.9. The minimum atomic E-state index is -3.09. The van der Waals surface area contributed by atoms with E-state index in [1.165, 1.54) is 0 Å². The average molecular weight is 1610 g/mol. The van der Waals surface area contributed by atoms with Crippen LogP contribution in [-0.4, -0.2) is 197 Å². The molecule has 0 saturated carbocycles. The molecule has 0 fully saturated rings. The second-order valence-corrected chi connectivity index (χ2v) is 69.0. The predicted molar refractivity (Wildman–Crippen MR) is 476 cm³/mol. The van der Waals surface area contributed by atoms with Gasteiger partial charge in [-0.3, -0.25) is 0 Å². The van der Waals surface area contributed by atoms with Gasteiger partial charge in [0.1, 0.15) is 0 Å². The van der Waals surface area contributed by atoms with Crippen molar-refractivity contribution in [3.63, 3.8) is 0 Å². The summed E-state index contributed by atoms with van der Waals surface area (Å²) in [5, 5.41) is 100. The van der Waals surface area contributed by atoms with Crippen molar-refractivity contribution < 1.29 is 71.6 Å². The quantitative estimate of drug-likeness (QED) is 0.0150. The van der Waals surface area contributed by atoms with Gasteiger partial charge in [-0.15, -0.1) is 13.2 Å². The Morgan fingerprint density at radius 2 is 0.594 bits per heavy atom. The molecule has 0 aliphatic rings. The monoisotopic (exact) mass is 1600 g/mol. The molecule has 25 heteroatoms. The minimum Gasteiger partial charge on any atom is -0.454 e. The number of aliphatic hydroxyl groups excluding tert-OH is 10. The van der Waals surface area contributed by atoms with Gasteiger partial charge in [0.25, 0.3) is 16.6 Å². The third kappa shape index (κ3) is 41.4. The van der Waals surface area contributed by atoms with E-state index in [1.54, 1.807) is 6.92 Å². The fourth-order valence-corrected chi connectivity index (χ4v) is 53.5. The summed E-state index contributed by atoms with van der Waals surface area (Å²) in [5.74, 6) is 0. The van der Waals surface area contributed by atoms with Crippen LogP contribution < -0.4 is 20.7 Å². The lowest BCUT2D eigenvalue weighted by Gasteiger charge is -2.42. The van der Waals surface area contributed by atoms with Crippen LogP contribution in [0, 0.1) is 0 Å². The average Bonchev–Trinajstić information content (AvgIpc) is 0.745. The van der Waals surface area contributed by atoms with E-state index in [4.69, 9.17) is 35.9 Å². The van der Waals surface area contributed by atoms with Crippen LogP contribution in [0.2, 0.25) is 119 Å². The van der Waals surface area contributed by atoms with Gasteiger partial charge in [-0.25, -0.2) is 0 Å². The number of hydrogen-bond acceptors (Lipinski definition) is 15. The molecule has 4 aromatic carbocycles. The Hall–Kier alpha value is -1.81. The molecule has 2 unspecified atom stereocenters. The maximum Gasteiger partial charge on any atom is 0.271 e. The van der Waals surface area contributed by atoms with Gasteiger partial charge in [0, 0.05) is 19.8 Å². The smallest absolute Gasteiger partial charge is 0.271 e. The third-order valence-electron chi connectivity index (χ3n) is 17.7. The Morgan fingerprint density at radius 3 is 0.802 bits per heavy atom. The molecule has 2 atom stereocenters. The first-order valence-electron chi connectivity index (χ1n) is 33.3. The molecule has 0 aliphatic carbocycles. The minimum absolute atomic E-state index is 0. The summed E-state index contributed by atoms with van der Waals surface area (Å²) in [7, 11) is -21.1. The first-order chi connectivity index (χ1) is 42.8. The molecule has 0 radical (unpaired) electrons. The molecule has 604 valence electrons. The second kappa shape index (κ2) is 63.1. The van der Waals surface area contributed by atoms with E-state index < -0.39 is 83.2 Å². The molecule has 0 spiro atoms. The van der Waals surface area contributed by atoms with Crippen molar-refractivity contribution in [1.82, 2.24) is 0 Å². The van der Waals surface area contributed by atoms with Gasteiger partial charge < -0.3 is 71.6 Å². The molecule has 0 saturated heterocycles. The Bertz CT molecular complexity index is 2200. The number of hydrogen-bond donors (Lipinski definition) is 10. The lowest BCUT2D eigenvalue weighted by Crippen LogP contribution is -2.76. The van der Waals surface area contributed by atoms with E-state index in [9.17, 15) is 35.7 Å².